The molecular formula is C15H22N2O. The van der Waals surface area contributed by atoms with Crippen molar-refractivity contribution in [2.75, 3.05) is 19.8 Å². The number of rotatable bonds is 3. The normalized spacial score (nSPS) is 31.3. The molecule has 3 nitrogen and oxygen atoms in total. The summed E-state index contributed by atoms with van der Waals surface area (Å²) in [4.78, 5) is 0. The Bertz CT molecular complexity index is 413. The largest absolute Gasteiger partial charge is 0.379 e. The number of nitrogens with one attached hydrogen (secondary N) is 2. The van der Waals surface area contributed by atoms with Gasteiger partial charge in [-0.05, 0) is 30.9 Å². The maximum atomic E-state index is 5.47. The second kappa shape index (κ2) is 5.00. The van der Waals surface area contributed by atoms with Gasteiger partial charge in [0.05, 0.1) is 6.61 Å². The molecule has 2 aliphatic heterocycles. The predicted octanol–water partition coefficient (Wildman–Crippen LogP) is 1.47. The predicted molar refractivity (Wildman–Crippen MR) is 72.6 cm³/mol. The van der Waals surface area contributed by atoms with E-state index in [-0.39, 0.29) is 5.54 Å². The Labute approximate surface area is 109 Å². The first-order valence-corrected chi connectivity index (χ1v) is 6.88. The summed E-state index contributed by atoms with van der Waals surface area (Å²) in [6.45, 7) is 6.02. The molecule has 3 rings (SSSR count). The van der Waals surface area contributed by atoms with E-state index in [9.17, 15) is 0 Å². The number of hydrogen-bond acceptors (Lipinski definition) is 3. The van der Waals surface area contributed by atoms with Crippen LogP contribution in [0.1, 0.15) is 24.5 Å². The highest BCUT2D eigenvalue weighted by Crippen LogP contribution is 2.19. The summed E-state index contributed by atoms with van der Waals surface area (Å²) in [5, 5.41) is 7.28. The van der Waals surface area contributed by atoms with Crippen LogP contribution in [0.4, 0.5) is 0 Å². The lowest BCUT2D eigenvalue weighted by Crippen LogP contribution is -2.51. The maximum Gasteiger partial charge on any atom is 0.0646 e. The maximum absolute atomic E-state index is 5.47. The fraction of sp³-hybridized carbons (Fsp3) is 0.600. The van der Waals surface area contributed by atoms with Crippen LogP contribution in [-0.4, -0.2) is 31.3 Å². The quantitative estimate of drug-likeness (QED) is 0.847. The highest BCUT2D eigenvalue weighted by Gasteiger charge is 2.30. The van der Waals surface area contributed by atoms with Crippen LogP contribution in [0.5, 0.6) is 0 Å². The molecule has 0 saturated carbocycles. The van der Waals surface area contributed by atoms with Crippen LogP contribution in [0.15, 0.2) is 24.3 Å². The molecule has 0 radical (unpaired) electrons. The minimum absolute atomic E-state index is 0.179. The molecule has 1 aromatic rings. The van der Waals surface area contributed by atoms with Crippen LogP contribution in [0.25, 0.3) is 0 Å². The number of ether oxygens (including phenoxy) is 1. The van der Waals surface area contributed by atoms with Gasteiger partial charge in [0, 0.05) is 31.3 Å². The first-order valence-electron chi connectivity index (χ1n) is 6.88. The molecule has 3 heteroatoms. The van der Waals surface area contributed by atoms with Crippen LogP contribution in [-0.2, 0) is 17.7 Å². The van der Waals surface area contributed by atoms with Gasteiger partial charge in [-0.15, -0.1) is 0 Å². The van der Waals surface area contributed by atoms with Gasteiger partial charge in [0.15, 0.2) is 0 Å². The summed E-state index contributed by atoms with van der Waals surface area (Å²) in [5.41, 5.74) is 3.12. The third-order valence-corrected chi connectivity index (χ3v) is 4.16. The molecule has 0 bridgehead atoms. The molecule has 1 unspecified atom stereocenters. The van der Waals surface area contributed by atoms with Crippen molar-refractivity contribution in [2.24, 2.45) is 0 Å². The molecule has 2 aliphatic rings. The van der Waals surface area contributed by atoms with Gasteiger partial charge in [0.25, 0.3) is 0 Å². The average molecular weight is 246 g/mol. The van der Waals surface area contributed by atoms with Gasteiger partial charge in [0.2, 0.25) is 0 Å². The fourth-order valence-corrected chi connectivity index (χ4v) is 2.84. The van der Waals surface area contributed by atoms with Gasteiger partial charge in [0.1, 0.15) is 0 Å². The lowest BCUT2D eigenvalue weighted by Gasteiger charge is -2.31. The molecule has 0 amide bonds. The van der Waals surface area contributed by atoms with Crippen LogP contribution in [0, 0.1) is 0 Å². The summed E-state index contributed by atoms with van der Waals surface area (Å²) in [6.07, 6.45) is 2.25. The van der Waals surface area contributed by atoms with E-state index < -0.39 is 0 Å². The second-order valence-electron chi connectivity index (χ2n) is 5.79. The first-order chi connectivity index (χ1) is 8.75. The topological polar surface area (TPSA) is 33.3 Å². The molecule has 0 aromatic heterocycles. The van der Waals surface area contributed by atoms with Gasteiger partial charge < -0.3 is 15.4 Å². The average Bonchev–Trinajstić information content (AvgIpc) is 2.84. The summed E-state index contributed by atoms with van der Waals surface area (Å²) in [5.74, 6) is 0. The minimum Gasteiger partial charge on any atom is -0.379 e. The van der Waals surface area contributed by atoms with Gasteiger partial charge in [-0.3, -0.25) is 0 Å². The number of hydrogen-bond donors (Lipinski definition) is 2. The molecule has 0 aliphatic carbocycles. The molecule has 1 fully saturated rings. The standard InChI is InChI=1S/C15H22N2O/c1-15(6-7-18-11-15)17-10-14-8-12-4-2-3-5-13(12)9-16-14/h2-5,14,16-17H,6-11H2,1H3/t14-,15?/m0/s1. The fourth-order valence-electron chi connectivity index (χ4n) is 2.84. The molecule has 2 atom stereocenters. The Morgan fingerprint density at radius 1 is 1.39 bits per heavy atom. The van der Waals surface area contributed by atoms with Crippen molar-refractivity contribution < 1.29 is 4.74 Å². The smallest absolute Gasteiger partial charge is 0.0646 e. The van der Waals surface area contributed by atoms with E-state index in [1.165, 1.54) is 11.1 Å². The summed E-state index contributed by atoms with van der Waals surface area (Å²) in [6, 6.07) is 9.27. The van der Waals surface area contributed by atoms with Crippen molar-refractivity contribution in [1.29, 1.82) is 0 Å². The summed E-state index contributed by atoms with van der Waals surface area (Å²) >= 11 is 0. The SMILES string of the molecule is CC1(NC[C@@H]2Cc3ccccc3CN2)CCOC1. The molecule has 1 aromatic carbocycles. The van der Waals surface area contributed by atoms with E-state index in [0.717, 1.165) is 39.1 Å². The first kappa shape index (κ1) is 12.2. The van der Waals surface area contributed by atoms with E-state index in [2.05, 4.69) is 41.8 Å². The Morgan fingerprint density at radius 3 is 3.00 bits per heavy atom. The lowest BCUT2D eigenvalue weighted by molar-refractivity contribution is 0.170. The van der Waals surface area contributed by atoms with Gasteiger partial charge in [-0.25, -0.2) is 0 Å². The minimum atomic E-state index is 0.179. The van der Waals surface area contributed by atoms with Crippen molar-refractivity contribution in [2.45, 2.75) is 37.9 Å². The highest BCUT2D eigenvalue weighted by atomic mass is 16.5. The van der Waals surface area contributed by atoms with Crippen LogP contribution < -0.4 is 10.6 Å². The zero-order valence-electron chi connectivity index (χ0n) is 11.0. The Morgan fingerprint density at radius 2 is 2.22 bits per heavy atom. The molecule has 1 saturated heterocycles. The van der Waals surface area contributed by atoms with Crippen molar-refractivity contribution in [3.63, 3.8) is 0 Å². The van der Waals surface area contributed by atoms with Crippen LogP contribution in [0.3, 0.4) is 0 Å². The van der Waals surface area contributed by atoms with Gasteiger partial charge in [-0.1, -0.05) is 24.3 Å². The van der Waals surface area contributed by atoms with Crippen molar-refractivity contribution in [3.8, 4) is 0 Å². The molecule has 2 heterocycles. The summed E-state index contributed by atoms with van der Waals surface area (Å²) < 4.78 is 5.47. The Kier molecular flexibility index (Phi) is 3.37. The number of benzene rings is 1. The van der Waals surface area contributed by atoms with E-state index in [1.807, 2.05) is 0 Å². The third kappa shape index (κ3) is 2.58. The van der Waals surface area contributed by atoms with Gasteiger partial charge in [-0.2, -0.15) is 0 Å². The lowest BCUT2D eigenvalue weighted by atomic mass is 9.94. The Balaban J connectivity index is 1.56. The van der Waals surface area contributed by atoms with Crippen molar-refractivity contribution >= 4 is 0 Å². The molecular weight excluding hydrogens is 224 g/mol. The van der Waals surface area contributed by atoms with E-state index in [0.29, 0.717) is 6.04 Å². The molecule has 0 spiro atoms. The van der Waals surface area contributed by atoms with Crippen molar-refractivity contribution in [1.82, 2.24) is 10.6 Å². The van der Waals surface area contributed by atoms with E-state index in [4.69, 9.17) is 4.74 Å². The van der Waals surface area contributed by atoms with Crippen molar-refractivity contribution in [3.05, 3.63) is 35.4 Å². The monoisotopic (exact) mass is 246 g/mol. The van der Waals surface area contributed by atoms with Crippen LogP contribution in [0.2, 0.25) is 0 Å². The Hall–Kier alpha value is -0.900. The van der Waals surface area contributed by atoms with Gasteiger partial charge >= 0.3 is 0 Å². The summed E-state index contributed by atoms with van der Waals surface area (Å²) in [7, 11) is 0. The third-order valence-electron chi connectivity index (χ3n) is 4.16. The highest BCUT2D eigenvalue weighted by molar-refractivity contribution is 5.30. The molecule has 98 valence electrons. The molecule has 2 N–H and O–H groups in total. The van der Waals surface area contributed by atoms with E-state index in [1.54, 1.807) is 0 Å². The number of fused-ring (bicyclic) bond motifs is 1. The van der Waals surface area contributed by atoms with E-state index >= 15 is 0 Å². The second-order valence-corrected chi connectivity index (χ2v) is 5.79. The van der Waals surface area contributed by atoms with Crippen LogP contribution >= 0.6 is 0 Å². The zero-order chi connectivity index (χ0) is 12.4. The zero-order valence-corrected chi connectivity index (χ0v) is 11.0. The molecule has 18 heavy (non-hydrogen) atoms.